The number of aromatic nitrogens is 1. The molecule has 20 heavy (non-hydrogen) atoms. The summed E-state index contributed by atoms with van der Waals surface area (Å²) in [6, 6.07) is 7.98. The molecule has 0 saturated heterocycles. The predicted octanol–water partition coefficient (Wildman–Crippen LogP) is 2.81. The van der Waals surface area contributed by atoms with E-state index in [-0.39, 0.29) is 6.10 Å². The lowest BCUT2D eigenvalue weighted by atomic mass is 10.1. The molecular formula is C16H17NO3. The molecule has 1 aliphatic rings. The molecule has 2 heterocycles. The van der Waals surface area contributed by atoms with Gasteiger partial charge in [-0.25, -0.2) is 4.79 Å². The minimum absolute atomic E-state index is 0.00306. The number of nitrogens with zero attached hydrogens (tertiary/aromatic N) is 1. The standard InChI is InChI=1S/C16H17NO3/c1-10-3-4-14-12(7-10)8-13(20-14)9-17-6-5-11(2)15(17)16(18)19/h3-7,13H,8-9H2,1-2H3,(H,18,19). The maximum Gasteiger partial charge on any atom is 0.352 e. The van der Waals surface area contributed by atoms with Gasteiger partial charge in [0, 0.05) is 12.6 Å². The fraction of sp³-hybridized carbons (Fsp3) is 0.312. The Hall–Kier alpha value is -2.23. The van der Waals surface area contributed by atoms with Crippen molar-refractivity contribution in [2.45, 2.75) is 32.9 Å². The summed E-state index contributed by atoms with van der Waals surface area (Å²) in [7, 11) is 0. The SMILES string of the molecule is Cc1ccc2c(c1)CC(Cn1ccc(C)c1C(=O)O)O2. The van der Waals surface area contributed by atoms with Crippen molar-refractivity contribution < 1.29 is 14.6 Å². The maximum absolute atomic E-state index is 11.3. The molecular weight excluding hydrogens is 254 g/mol. The Morgan fingerprint density at radius 2 is 2.20 bits per heavy atom. The van der Waals surface area contributed by atoms with Crippen LogP contribution in [0.25, 0.3) is 0 Å². The first kappa shape index (κ1) is 12.8. The van der Waals surface area contributed by atoms with E-state index in [0.717, 1.165) is 17.7 Å². The van der Waals surface area contributed by atoms with Crippen LogP contribution >= 0.6 is 0 Å². The quantitative estimate of drug-likeness (QED) is 0.934. The van der Waals surface area contributed by atoms with Gasteiger partial charge in [0.05, 0.1) is 6.54 Å². The molecule has 0 amide bonds. The average Bonchev–Trinajstić information content (AvgIpc) is 2.92. The topological polar surface area (TPSA) is 51.5 Å². The number of hydrogen-bond donors (Lipinski definition) is 1. The minimum Gasteiger partial charge on any atom is -0.488 e. The fourth-order valence-corrected chi connectivity index (χ4v) is 2.80. The van der Waals surface area contributed by atoms with Crippen molar-refractivity contribution in [2.75, 3.05) is 0 Å². The Morgan fingerprint density at radius 3 is 2.95 bits per heavy atom. The van der Waals surface area contributed by atoms with Gasteiger partial charge in [0.15, 0.2) is 0 Å². The van der Waals surface area contributed by atoms with Crippen molar-refractivity contribution >= 4 is 5.97 Å². The van der Waals surface area contributed by atoms with E-state index in [2.05, 4.69) is 13.0 Å². The molecule has 0 aliphatic carbocycles. The van der Waals surface area contributed by atoms with E-state index in [4.69, 9.17) is 4.74 Å². The monoisotopic (exact) mass is 271 g/mol. The third kappa shape index (κ3) is 2.18. The molecule has 0 spiro atoms. The van der Waals surface area contributed by atoms with E-state index in [1.807, 2.05) is 31.3 Å². The number of hydrogen-bond acceptors (Lipinski definition) is 2. The van der Waals surface area contributed by atoms with Crippen LogP contribution in [0.5, 0.6) is 5.75 Å². The van der Waals surface area contributed by atoms with E-state index >= 15 is 0 Å². The van der Waals surface area contributed by atoms with Crippen LogP contribution in [-0.4, -0.2) is 21.7 Å². The second kappa shape index (κ2) is 4.71. The van der Waals surface area contributed by atoms with Gasteiger partial charge in [-0.2, -0.15) is 0 Å². The molecule has 104 valence electrons. The Labute approximate surface area is 117 Å². The van der Waals surface area contributed by atoms with E-state index < -0.39 is 5.97 Å². The summed E-state index contributed by atoms with van der Waals surface area (Å²) >= 11 is 0. The van der Waals surface area contributed by atoms with Crippen molar-refractivity contribution in [2.24, 2.45) is 0 Å². The van der Waals surface area contributed by atoms with Crippen LogP contribution < -0.4 is 4.74 Å². The summed E-state index contributed by atoms with van der Waals surface area (Å²) in [6.07, 6.45) is 2.64. The fourth-order valence-electron chi connectivity index (χ4n) is 2.80. The van der Waals surface area contributed by atoms with Crippen molar-refractivity contribution in [3.8, 4) is 5.75 Å². The number of rotatable bonds is 3. The summed E-state index contributed by atoms with van der Waals surface area (Å²) < 4.78 is 7.66. The highest BCUT2D eigenvalue weighted by molar-refractivity contribution is 5.87. The van der Waals surface area contributed by atoms with Crippen LogP contribution in [0.15, 0.2) is 30.5 Å². The van der Waals surface area contributed by atoms with Crippen LogP contribution in [0, 0.1) is 13.8 Å². The molecule has 2 aromatic rings. The maximum atomic E-state index is 11.3. The summed E-state index contributed by atoms with van der Waals surface area (Å²) in [5.41, 5.74) is 3.55. The molecule has 0 radical (unpaired) electrons. The summed E-state index contributed by atoms with van der Waals surface area (Å²) in [4.78, 5) is 11.3. The van der Waals surface area contributed by atoms with Gasteiger partial charge in [0.1, 0.15) is 17.5 Å². The number of aromatic carboxylic acids is 1. The third-order valence-corrected chi connectivity index (χ3v) is 3.73. The van der Waals surface area contributed by atoms with E-state index in [0.29, 0.717) is 12.2 Å². The van der Waals surface area contributed by atoms with Gasteiger partial charge >= 0.3 is 5.97 Å². The van der Waals surface area contributed by atoms with Gasteiger partial charge in [0.25, 0.3) is 0 Å². The largest absolute Gasteiger partial charge is 0.488 e. The highest BCUT2D eigenvalue weighted by atomic mass is 16.5. The predicted molar refractivity (Wildman–Crippen MR) is 75.4 cm³/mol. The molecule has 4 nitrogen and oxygen atoms in total. The van der Waals surface area contributed by atoms with Crippen LogP contribution in [0.3, 0.4) is 0 Å². The zero-order chi connectivity index (χ0) is 14.3. The summed E-state index contributed by atoms with van der Waals surface area (Å²) in [6.45, 7) is 4.43. The molecule has 1 unspecified atom stereocenters. The van der Waals surface area contributed by atoms with Crippen LogP contribution in [0.2, 0.25) is 0 Å². The Bertz CT molecular complexity index is 672. The van der Waals surface area contributed by atoms with Crippen LogP contribution in [-0.2, 0) is 13.0 Å². The average molecular weight is 271 g/mol. The second-order valence-electron chi connectivity index (χ2n) is 5.36. The molecule has 0 fully saturated rings. The van der Waals surface area contributed by atoms with Gasteiger partial charge < -0.3 is 14.4 Å². The first-order valence-corrected chi connectivity index (χ1v) is 6.70. The van der Waals surface area contributed by atoms with E-state index in [9.17, 15) is 9.90 Å². The molecule has 1 aromatic carbocycles. The number of carbonyl (C=O) groups is 1. The van der Waals surface area contributed by atoms with Crippen molar-refractivity contribution in [1.29, 1.82) is 0 Å². The lowest BCUT2D eigenvalue weighted by molar-refractivity contribution is 0.0681. The number of aryl methyl sites for hydroxylation is 2. The molecule has 1 N–H and O–H groups in total. The van der Waals surface area contributed by atoms with Crippen molar-refractivity contribution in [3.63, 3.8) is 0 Å². The number of fused-ring (bicyclic) bond motifs is 1. The number of carboxylic acid groups (broad SMARTS) is 1. The molecule has 0 bridgehead atoms. The molecule has 4 heteroatoms. The Kier molecular flexibility index (Phi) is 3.01. The molecule has 3 rings (SSSR count). The number of ether oxygens (including phenoxy) is 1. The minimum atomic E-state index is -0.890. The van der Waals surface area contributed by atoms with Gasteiger partial charge in [-0.1, -0.05) is 17.7 Å². The first-order valence-electron chi connectivity index (χ1n) is 6.70. The Morgan fingerprint density at radius 1 is 1.40 bits per heavy atom. The van der Waals surface area contributed by atoms with Crippen LogP contribution in [0.4, 0.5) is 0 Å². The number of benzene rings is 1. The van der Waals surface area contributed by atoms with Crippen molar-refractivity contribution in [1.82, 2.24) is 4.57 Å². The van der Waals surface area contributed by atoms with Gasteiger partial charge in [-0.15, -0.1) is 0 Å². The zero-order valence-electron chi connectivity index (χ0n) is 11.6. The van der Waals surface area contributed by atoms with E-state index in [1.54, 1.807) is 4.57 Å². The second-order valence-corrected chi connectivity index (χ2v) is 5.36. The lowest BCUT2D eigenvalue weighted by Crippen LogP contribution is -2.23. The van der Waals surface area contributed by atoms with Crippen molar-refractivity contribution in [3.05, 3.63) is 52.8 Å². The summed E-state index contributed by atoms with van der Waals surface area (Å²) in [5.74, 6) is 0.0280. The first-order chi connectivity index (χ1) is 9.54. The molecule has 0 saturated carbocycles. The molecule has 1 aromatic heterocycles. The molecule has 1 aliphatic heterocycles. The molecule has 1 atom stereocenters. The normalized spacial score (nSPS) is 16.8. The highest BCUT2D eigenvalue weighted by Crippen LogP contribution is 2.30. The van der Waals surface area contributed by atoms with Crippen LogP contribution in [0.1, 0.15) is 27.2 Å². The number of carboxylic acids is 1. The van der Waals surface area contributed by atoms with Gasteiger partial charge in [-0.05, 0) is 37.1 Å². The van der Waals surface area contributed by atoms with E-state index in [1.165, 1.54) is 11.1 Å². The zero-order valence-corrected chi connectivity index (χ0v) is 11.6. The lowest BCUT2D eigenvalue weighted by Gasteiger charge is -2.13. The third-order valence-electron chi connectivity index (χ3n) is 3.73. The van der Waals surface area contributed by atoms with Gasteiger partial charge in [0.2, 0.25) is 0 Å². The van der Waals surface area contributed by atoms with Gasteiger partial charge in [-0.3, -0.25) is 0 Å². The highest BCUT2D eigenvalue weighted by Gasteiger charge is 2.25. The summed E-state index contributed by atoms with van der Waals surface area (Å²) in [5, 5.41) is 9.26. The Balaban J connectivity index is 1.80. The smallest absolute Gasteiger partial charge is 0.352 e.